The Balaban J connectivity index is 2.17. The summed E-state index contributed by atoms with van der Waals surface area (Å²) in [5.41, 5.74) is 1.33. The van der Waals surface area contributed by atoms with Gasteiger partial charge in [0.15, 0.2) is 0 Å². The fraction of sp³-hybridized carbons (Fsp3) is 0.316. The second kappa shape index (κ2) is 7.43. The summed E-state index contributed by atoms with van der Waals surface area (Å²) in [5.74, 6) is 0.172. The standard InChI is InChI=1S/C19H21N3O4/c1-4-5-10-21-11-15-17(16(12-21)19(24)26-3)20-22(18(15)23)13-6-8-14(25-2)9-7-13/h6-9,11-12H,4-5,10H2,1-3H3. The zero-order chi connectivity index (χ0) is 18.7. The maximum atomic E-state index is 12.9. The van der Waals surface area contributed by atoms with Crippen molar-refractivity contribution in [2.45, 2.75) is 26.3 Å². The number of nitrogens with zero attached hydrogens (tertiary/aromatic N) is 3. The first kappa shape index (κ1) is 17.7. The van der Waals surface area contributed by atoms with Crippen LogP contribution in [-0.4, -0.2) is 34.5 Å². The Morgan fingerprint density at radius 2 is 1.88 bits per heavy atom. The largest absolute Gasteiger partial charge is 0.497 e. The Bertz CT molecular complexity index is 940. The van der Waals surface area contributed by atoms with Crippen LogP contribution in [-0.2, 0) is 11.3 Å². The molecular formula is C19H21N3O4. The van der Waals surface area contributed by atoms with Gasteiger partial charge in [0.05, 0.1) is 25.5 Å². The topological polar surface area (TPSA) is 75.3 Å². The molecule has 0 bridgehead atoms. The van der Waals surface area contributed by atoms with E-state index in [1.807, 2.05) is 4.57 Å². The third kappa shape index (κ3) is 3.20. The van der Waals surface area contributed by atoms with Crippen LogP contribution in [0.5, 0.6) is 5.75 Å². The predicted octanol–water partition coefficient (Wildman–Crippen LogP) is 2.73. The van der Waals surface area contributed by atoms with Crippen LogP contribution in [0.1, 0.15) is 30.1 Å². The third-order valence-electron chi connectivity index (χ3n) is 4.22. The van der Waals surface area contributed by atoms with Gasteiger partial charge in [-0.2, -0.15) is 9.78 Å². The summed E-state index contributed by atoms with van der Waals surface area (Å²) in [5, 5.41) is 4.38. The molecule has 0 aliphatic carbocycles. The number of hydrogen-bond donors (Lipinski definition) is 0. The highest BCUT2D eigenvalue weighted by atomic mass is 16.5. The molecule has 0 fully saturated rings. The molecule has 0 spiro atoms. The fourth-order valence-corrected chi connectivity index (χ4v) is 2.79. The first-order valence-corrected chi connectivity index (χ1v) is 8.44. The molecule has 2 heterocycles. The molecule has 2 aliphatic rings. The lowest BCUT2D eigenvalue weighted by Gasteiger charge is -2.10. The van der Waals surface area contributed by atoms with Gasteiger partial charge in [0.25, 0.3) is 5.56 Å². The lowest BCUT2D eigenvalue weighted by molar-refractivity contribution is 0.0600. The average Bonchev–Trinajstić information content (AvgIpc) is 3.02. The molecule has 2 aliphatic heterocycles. The van der Waals surface area contributed by atoms with Crippen molar-refractivity contribution in [2.24, 2.45) is 0 Å². The molecule has 0 saturated carbocycles. The van der Waals surface area contributed by atoms with Crippen molar-refractivity contribution in [2.75, 3.05) is 14.2 Å². The minimum Gasteiger partial charge on any atom is -0.497 e. The molecule has 136 valence electrons. The number of rotatable bonds is 6. The van der Waals surface area contributed by atoms with Gasteiger partial charge in [-0.05, 0) is 30.7 Å². The molecule has 7 nitrogen and oxygen atoms in total. The van der Waals surface area contributed by atoms with Crippen LogP contribution >= 0.6 is 0 Å². The number of carbonyl (C=O) groups excluding carboxylic acids is 1. The monoisotopic (exact) mass is 355 g/mol. The first-order valence-electron chi connectivity index (χ1n) is 8.44. The molecule has 0 aromatic heterocycles. The number of esters is 1. The van der Waals surface area contributed by atoms with Crippen molar-refractivity contribution in [3.05, 3.63) is 52.6 Å². The second-order valence-electron chi connectivity index (χ2n) is 5.93. The molecule has 0 atom stereocenters. The van der Waals surface area contributed by atoms with Gasteiger partial charge >= 0.3 is 5.97 Å². The Hall–Kier alpha value is -3.09. The molecule has 0 unspecified atom stereocenters. The number of methoxy groups -OCH3 is 2. The SMILES string of the molecule is CCCCn1cc(C(=O)OC)c2nn(-c3ccc(OC)cc3)c(=O)c-2c1. The number of carbonyl (C=O) groups is 1. The number of aromatic nitrogens is 3. The summed E-state index contributed by atoms with van der Waals surface area (Å²) < 4.78 is 13.1. The summed E-state index contributed by atoms with van der Waals surface area (Å²) >= 11 is 0. The van der Waals surface area contributed by atoms with E-state index in [-0.39, 0.29) is 11.1 Å². The second-order valence-corrected chi connectivity index (χ2v) is 5.93. The number of benzene rings is 1. The molecule has 0 saturated heterocycles. The number of pyridine rings is 1. The van der Waals surface area contributed by atoms with Crippen molar-refractivity contribution in [3.8, 4) is 22.7 Å². The lowest BCUT2D eigenvalue weighted by Crippen LogP contribution is -2.15. The van der Waals surface area contributed by atoms with Crippen molar-refractivity contribution in [1.29, 1.82) is 0 Å². The highest BCUT2D eigenvalue weighted by molar-refractivity contribution is 5.96. The maximum absolute atomic E-state index is 12.9. The van der Waals surface area contributed by atoms with E-state index in [9.17, 15) is 9.59 Å². The Morgan fingerprint density at radius 3 is 2.50 bits per heavy atom. The summed E-state index contributed by atoms with van der Waals surface area (Å²) in [6.07, 6.45) is 5.38. The van der Waals surface area contributed by atoms with Gasteiger partial charge in [-0.3, -0.25) is 4.79 Å². The molecule has 1 aromatic carbocycles. The molecule has 0 radical (unpaired) electrons. The highest BCUT2D eigenvalue weighted by Gasteiger charge is 2.24. The molecule has 7 heteroatoms. The Morgan fingerprint density at radius 1 is 1.15 bits per heavy atom. The van der Waals surface area contributed by atoms with Gasteiger partial charge in [-0.1, -0.05) is 13.3 Å². The van der Waals surface area contributed by atoms with Crippen LogP contribution in [0.4, 0.5) is 0 Å². The number of aryl methyl sites for hydroxylation is 1. The van der Waals surface area contributed by atoms with E-state index < -0.39 is 5.97 Å². The zero-order valence-corrected chi connectivity index (χ0v) is 15.1. The Kier molecular flexibility index (Phi) is 5.06. The number of fused-ring (bicyclic) bond motifs is 1. The number of ether oxygens (including phenoxy) is 2. The van der Waals surface area contributed by atoms with Gasteiger partial charge in [-0.25, -0.2) is 4.79 Å². The maximum Gasteiger partial charge on any atom is 0.341 e. The van der Waals surface area contributed by atoms with E-state index in [2.05, 4.69) is 12.0 Å². The summed E-state index contributed by atoms with van der Waals surface area (Å²) in [4.78, 5) is 25.1. The van der Waals surface area contributed by atoms with E-state index in [1.165, 1.54) is 11.8 Å². The van der Waals surface area contributed by atoms with Crippen LogP contribution < -0.4 is 10.3 Å². The number of hydrogen-bond acceptors (Lipinski definition) is 5. The Labute approximate surface area is 151 Å². The van der Waals surface area contributed by atoms with Gasteiger partial charge in [-0.15, -0.1) is 0 Å². The van der Waals surface area contributed by atoms with E-state index in [0.717, 1.165) is 12.8 Å². The zero-order valence-electron chi connectivity index (χ0n) is 15.1. The molecular weight excluding hydrogens is 334 g/mol. The van der Waals surface area contributed by atoms with Crippen molar-refractivity contribution < 1.29 is 14.3 Å². The lowest BCUT2D eigenvalue weighted by atomic mass is 10.1. The van der Waals surface area contributed by atoms with Crippen LogP contribution in [0.25, 0.3) is 16.9 Å². The van der Waals surface area contributed by atoms with Gasteiger partial charge in [0, 0.05) is 18.9 Å². The van der Waals surface area contributed by atoms with E-state index in [0.29, 0.717) is 29.2 Å². The fourth-order valence-electron chi connectivity index (χ4n) is 2.79. The van der Waals surface area contributed by atoms with Gasteiger partial charge < -0.3 is 14.0 Å². The van der Waals surface area contributed by atoms with Gasteiger partial charge in [0.1, 0.15) is 17.0 Å². The molecule has 0 N–H and O–H groups in total. The smallest absolute Gasteiger partial charge is 0.341 e. The molecule has 3 rings (SSSR count). The first-order chi connectivity index (χ1) is 12.6. The van der Waals surface area contributed by atoms with E-state index >= 15 is 0 Å². The van der Waals surface area contributed by atoms with Gasteiger partial charge in [0.2, 0.25) is 0 Å². The van der Waals surface area contributed by atoms with Crippen molar-refractivity contribution in [3.63, 3.8) is 0 Å². The normalized spacial score (nSPS) is 10.9. The summed E-state index contributed by atoms with van der Waals surface area (Å²) in [6.45, 7) is 2.80. The molecule has 26 heavy (non-hydrogen) atoms. The van der Waals surface area contributed by atoms with E-state index in [4.69, 9.17) is 9.47 Å². The quantitative estimate of drug-likeness (QED) is 0.636. The minimum atomic E-state index is -0.514. The number of unbranched alkanes of at least 4 members (excludes halogenated alkanes) is 1. The van der Waals surface area contributed by atoms with Crippen LogP contribution in [0, 0.1) is 0 Å². The third-order valence-corrected chi connectivity index (χ3v) is 4.22. The van der Waals surface area contributed by atoms with Crippen LogP contribution in [0.15, 0.2) is 41.5 Å². The molecule has 0 amide bonds. The van der Waals surface area contributed by atoms with Crippen molar-refractivity contribution in [1.82, 2.24) is 14.3 Å². The van der Waals surface area contributed by atoms with Crippen LogP contribution in [0.2, 0.25) is 0 Å². The summed E-state index contributed by atoms with van der Waals surface area (Å²) in [7, 11) is 2.89. The predicted molar refractivity (Wildman–Crippen MR) is 97.2 cm³/mol. The van der Waals surface area contributed by atoms with Crippen molar-refractivity contribution >= 4 is 5.97 Å². The summed E-state index contributed by atoms with van der Waals surface area (Å²) in [6, 6.07) is 7.00. The molecule has 1 aromatic rings. The minimum absolute atomic E-state index is 0.277. The van der Waals surface area contributed by atoms with Crippen LogP contribution in [0.3, 0.4) is 0 Å². The van der Waals surface area contributed by atoms with E-state index in [1.54, 1.807) is 43.8 Å². The average molecular weight is 355 g/mol. The highest BCUT2D eigenvalue weighted by Crippen LogP contribution is 2.23.